The van der Waals surface area contributed by atoms with E-state index in [0.29, 0.717) is 29.2 Å². The third-order valence-corrected chi connectivity index (χ3v) is 4.23. The number of hydrogen-bond donors (Lipinski definition) is 2. The summed E-state index contributed by atoms with van der Waals surface area (Å²) in [5, 5.41) is 5.89. The van der Waals surface area contributed by atoms with Gasteiger partial charge in [0.15, 0.2) is 0 Å². The Morgan fingerprint density at radius 3 is 2.84 bits per heavy atom. The van der Waals surface area contributed by atoms with Gasteiger partial charge in [-0.05, 0) is 36.2 Å². The van der Waals surface area contributed by atoms with Gasteiger partial charge in [-0.25, -0.2) is 9.18 Å². The molecule has 7 heteroatoms. The molecular formula is C18H17ClFN3O2. The van der Waals surface area contributed by atoms with Gasteiger partial charge < -0.3 is 10.6 Å². The van der Waals surface area contributed by atoms with Gasteiger partial charge in [0, 0.05) is 17.3 Å². The number of carbonyl (C=O) groups is 2. The Hall–Kier alpha value is -2.60. The van der Waals surface area contributed by atoms with Gasteiger partial charge >= 0.3 is 6.03 Å². The highest BCUT2D eigenvalue weighted by atomic mass is 35.5. The van der Waals surface area contributed by atoms with E-state index in [-0.39, 0.29) is 24.3 Å². The SMILES string of the molecule is O=C(NCCc1ccccc1F)C1CN(c2cccc(Cl)c2)C(=O)N1. The van der Waals surface area contributed by atoms with Crippen LogP contribution in [0.3, 0.4) is 0 Å². The third kappa shape index (κ3) is 4.09. The molecule has 0 radical (unpaired) electrons. The van der Waals surface area contributed by atoms with Gasteiger partial charge in [0.2, 0.25) is 5.91 Å². The first-order chi connectivity index (χ1) is 12.0. The number of nitrogens with one attached hydrogen (secondary N) is 2. The Bertz CT molecular complexity index is 799. The number of benzene rings is 2. The molecule has 0 spiro atoms. The molecule has 5 nitrogen and oxygen atoms in total. The van der Waals surface area contributed by atoms with Crippen molar-refractivity contribution < 1.29 is 14.0 Å². The summed E-state index contributed by atoms with van der Waals surface area (Å²) in [7, 11) is 0. The first kappa shape index (κ1) is 17.2. The van der Waals surface area contributed by atoms with Crippen molar-refractivity contribution in [2.45, 2.75) is 12.5 Å². The molecule has 2 N–H and O–H groups in total. The largest absolute Gasteiger partial charge is 0.354 e. The van der Waals surface area contributed by atoms with Gasteiger partial charge in [-0.3, -0.25) is 9.69 Å². The highest BCUT2D eigenvalue weighted by Crippen LogP contribution is 2.22. The molecule has 1 aliphatic heterocycles. The highest BCUT2D eigenvalue weighted by molar-refractivity contribution is 6.30. The maximum absolute atomic E-state index is 13.6. The topological polar surface area (TPSA) is 61.4 Å². The molecule has 0 saturated carbocycles. The van der Waals surface area contributed by atoms with Crippen molar-refractivity contribution in [3.8, 4) is 0 Å². The summed E-state index contributed by atoms with van der Waals surface area (Å²) in [5.74, 6) is -0.590. The smallest absolute Gasteiger partial charge is 0.322 e. The number of nitrogens with zero attached hydrogens (tertiary/aromatic N) is 1. The second-order valence-electron chi connectivity index (χ2n) is 5.72. The third-order valence-electron chi connectivity index (χ3n) is 4.00. The van der Waals surface area contributed by atoms with Crippen LogP contribution < -0.4 is 15.5 Å². The average Bonchev–Trinajstić information content (AvgIpc) is 2.98. The van der Waals surface area contributed by atoms with Crippen molar-refractivity contribution in [1.82, 2.24) is 10.6 Å². The first-order valence-corrected chi connectivity index (χ1v) is 8.27. The number of halogens is 2. The fraction of sp³-hybridized carbons (Fsp3) is 0.222. The van der Waals surface area contributed by atoms with E-state index in [0.717, 1.165) is 0 Å². The molecule has 3 amide bonds. The zero-order valence-corrected chi connectivity index (χ0v) is 14.1. The van der Waals surface area contributed by atoms with Gasteiger partial charge in [0.05, 0.1) is 6.54 Å². The predicted molar refractivity (Wildman–Crippen MR) is 94.2 cm³/mol. The average molecular weight is 362 g/mol. The quantitative estimate of drug-likeness (QED) is 0.860. The van der Waals surface area contributed by atoms with Crippen molar-refractivity contribution in [2.75, 3.05) is 18.0 Å². The van der Waals surface area contributed by atoms with Crippen LogP contribution in [0.15, 0.2) is 48.5 Å². The Kier molecular flexibility index (Phi) is 5.19. The number of urea groups is 1. The lowest BCUT2D eigenvalue weighted by molar-refractivity contribution is -0.122. The maximum atomic E-state index is 13.6. The normalized spacial score (nSPS) is 16.6. The monoisotopic (exact) mass is 361 g/mol. The van der Waals surface area contributed by atoms with Crippen LogP contribution in [0.25, 0.3) is 0 Å². The van der Waals surface area contributed by atoms with Crippen LogP contribution >= 0.6 is 11.6 Å². The molecule has 3 rings (SSSR count). The molecule has 2 aromatic rings. The Labute approximate surface area is 149 Å². The Morgan fingerprint density at radius 2 is 2.08 bits per heavy atom. The van der Waals surface area contributed by atoms with Crippen molar-refractivity contribution in [3.63, 3.8) is 0 Å². The number of rotatable bonds is 5. The van der Waals surface area contributed by atoms with E-state index in [9.17, 15) is 14.0 Å². The summed E-state index contributed by atoms with van der Waals surface area (Å²) in [6.45, 7) is 0.508. The molecule has 25 heavy (non-hydrogen) atoms. The minimum Gasteiger partial charge on any atom is -0.354 e. The number of hydrogen-bond acceptors (Lipinski definition) is 2. The molecule has 0 bridgehead atoms. The van der Waals surface area contributed by atoms with E-state index in [1.165, 1.54) is 11.0 Å². The molecule has 2 aromatic carbocycles. The number of carbonyl (C=O) groups excluding carboxylic acids is 2. The minimum atomic E-state index is -0.660. The van der Waals surface area contributed by atoms with E-state index in [1.54, 1.807) is 42.5 Å². The molecule has 130 valence electrons. The molecule has 1 atom stereocenters. The van der Waals surface area contributed by atoms with Gasteiger partial charge in [-0.1, -0.05) is 35.9 Å². The fourth-order valence-corrected chi connectivity index (χ4v) is 2.88. The molecule has 1 saturated heterocycles. The van der Waals surface area contributed by atoms with Gasteiger partial charge in [0.25, 0.3) is 0 Å². The Morgan fingerprint density at radius 1 is 1.28 bits per heavy atom. The summed E-state index contributed by atoms with van der Waals surface area (Å²) in [6.07, 6.45) is 0.386. The van der Waals surface area contributed by atoms with Crippen LogP contribution in [0, 0.1) is 5.82 Å². The second-order valence-corrected chi connectivity index (χ2v) is 6.16. The molecule has 1 fully saturated rings. The zero-order valence-electron chi connectivity index (χ0n) is 13.3. The van der Waals surface area contributed by atoms with Gasteiger partial charge in [-0.15, -0.1) is 0 Å². The van der Waals surface area contributed by atoms with Crippen LogP contribution in [0.1, 0.15) is 5.56 Å². The lowest BCUT2D eigenvalue weighted by Crippen LogP contribution is -2.43. The second kappa shape index (κ2) is 7.53. The van der Waals surface area contributed by atoms with E-state index in [2.05, 4.69) is 10.6 Å². The maximum Gasteiger partial charge on any atom is 0.322 e. The molecular weight excluding hydrogens is 345 g/mol. The minimum absolute atomic E-state index is 0.213. The zero-order chi connectivity index (χ0) is 17.8. The van der Waals surface area contributed by atoms with Crippen LogP contribution in [0.5, 0.6) is 0 Å². The standard InChI is InChI=1S/C18H17ClFN3O2/c19-13-5-3-6-14(10-13)23-11-16(22-18(23)25)17(24)21-9-8-12-4-1-2-7-15(12)20/h1-7,10,16H,8-9,11H2,(H,21,24)(H,22,25). The highest BCUT2D eigenvalue weighted by Gasteiger charge is 2.34. The number of amides is 3. The van der Waals surface area contributed by atoms with Crippen molar-refractivity contribution in [1.29, 1.82) is 0 Å². The first-order valence-electron chi connectivity index (χ1n) is 7.89. The van der Waals surface area contributed by atoms with Crippen molar-refractivity contribution >= 4 is 29.2 Å². The predicted octanol–water partition coefficient (Wildman–Crippen LogP) is 2.74. The van der Waals surface area contributed by atoms with Gasteiger partial charge in [0.1, 0.15) is 11.9 Å². The lowest BCUT2D eigenvalue weighted by atomic mass is 10.1. The molecule has 0 aliphatic carbocycles. The van der Waals surface area contributed by atoms with Crippen LogP contribution in [-0.4, -0.2) is 31.1 Å². The summed E-state index contributed by atoms with van der Waals surface area (Å²) < 4.78 is 13.6. The summed E-state index contributed by atoms with van der Waals surface area (Å²) in [5.41, 5.74) is 1.17. The molecule has 1 unspecified atom stereocenters. The summed E-state index contributed by atoms with van der Waals surface area (Å²) in [4.78, 5) is 25.8. The fourth-order valence-electron chi connectivity index (χ4n) is 2.70. The van der Waals surface area contributed by atoms with E-state index in [1.807, 2.05) is 0 Å². The molecule has 0 aromatic heterocycles. The Balaban J connectivity index is 1.55. The number of anilines is 1. The lowest BCUT2D eigenvalue weighted by Gasteiger charge is -2.15. The van der Waals surface area contributed by atoms with E-state index in [4.69, 9.17) is 11.6 Å². The van der Waals surface area contributed by atoms with Crippen molar-refractivity contribution in [3.05, 3.63) is 64.9 Å². The van der Waals surface area contributed by atoms with Crippen LogP contribution in [0.4, 0.5) is 14.9 Å². The van der Waals surface area contributed by atoms with E-state index >= 15 is 0 Å². The molecule has 1 heterocycles. The molecule has 1 aliphatic rings. The van der Waals surface area contributed by atoms with Crippen molar-refractivity contribution in [2.24, 2.45) is 0 Å². The van der Waals surface area contributed by atoms with Crippen LogP contribution in [-0.2, 0) is 11.2 Å². The van der Waals surface area contributed by atoms with Gasteiger partial charge in [-0.2, -0.15) is 0 Å². The summed E-state index contributed by atoms with van der Waals surface area (Å²) >= 11 is 5.94. The van der Waals surface area contributed by atoms with E-state index < -0.39 is 6.04 Å². The van der Waals surface area contributed by atoms with Crippen LogP contribution in [0.2, 0.25) is 5.02 Å². The summed E-state index contributed by atoms with van der Waals surface area (Å²) in [6, 6.07) is 12.3.